The van der Waals surface area contributed by atoms with Gasteiger partial charge in [0.15, 0.2) is 6.29 Å². The van der Waals surface area contributed by atoms with Crippen LogP contribution in [-0.2, 0) is 23.7 Å². The summed E-state index contributed by atoms with van der Waals surface area (Å²) in [6.07, 6.45) is 13.7. The predicted octanol–water partition coefficient (Wildman–Crippen LogP) is 4.94. The Morgan fingerprint density at radius 2 is 1.81 bits per heavy atom. The smallest absolute Gasteiger partial charge is 0.408 e. The van der Waals surface area contributed by atoms with Crippen molar-refractivity contribution in [2.45, 2.75) is 116 Å². The summed E-state index contributed by atoms with van der Waals surface area (Å²) in [5.74, 6) is -0.288. The highest BCUT2D eigenvalue weighted by atomic mass is 16.7. The molecule has 8 nitrogen and oxygen atoms in total. The van der Waals surface area contributed by atoms with Crippen LogP contribution >= 0.6 is 0 Å². The Kier molecular flexibility index (Phi) is 9.64. The second-order valence-electron chi connectivity index (χ2n) is 12.5. The molecule has 1 saturated carbocycles. The zero-order valence-corrected chi connectivity index (χ0v) is 23.6. The molecule has 2 aliphatic heterocycles. The van der Waals surface area contributed by atoms with E-state index < -0.39 is 12.2 Å². The first-order valence-corrected chi connectivity index (χ1v) is 13.5. The van der Waals surface area contributed by atoms with Gasteiger partial charge in [-0.2, -0.15) is 0 Å². The van der Waals surface area contributed by atoms with Crippen LogP contribution in [0.2, 0.25) is 0 Å². The fourth-order valence-corrected chi connectivity index (χ4v) is 4.95. The van der Waals surface area contributed by atoms with Crippen molar-refractivity contribution in [3.8, 4) is 0 Å². The summed E-state index contributed by atoms with van der Waals surface area (Å²) in [5, 5.41) is 5.57. The quantitative estimate of drug-likeness (QED) is 0.349. The molecule has 1 aliphatic carbocycles. The molecule has 2 saturated heterocycles. The van der Waals surface area contributed by atoms with Crippen LogP contribution in [-0.4, -0.2) is 60.9 Å². The van der Waals surface area contributed by atoms with Gasteiger partial charge < -0.3 is 29.6 Å². The van der Waals surface area contributed by atoms with Gasteiger partial charge in [0, 0.05) is 18.0 Å². The number of hydrogen-bond donors (Lipinski definition) is 2. The molecule has 2 heterocycles. The van der Waals surface area contributed by atoms with Gasteiger partial charge in [0.2, 0.25) is 5.91 Å². The highest BCUT2D eigenvalue weighted by Gasteiger charge is 2.51. The number of allylic oxidation sites excluding steroid dienone is 2. The third kappa shape index (κ3) is 10.6. The average Bonchev–Trinajstić information content (AvgIpc) is 3.50. The topological polar surface area (TPSA) is 95.1 Å². The molecule has 2 N–H and O–H groups in total. The van der Waals surface area contributed by atoms with Crippen molar-refractivity contribution in [2.75, 3.05) is 13.2 Å². The van der Waals surface area contributed by atoms with Gasteiger partial charge in [0.1, 0.15) is 6.10 Å². The molecular weight excluding hydrogens is 472 g/mol. The fraction of sp³-hybridized carbons (Fsp3) is 0.724. The van der Waals surface area contributed by atoms with E-state index in [0.717, 1.165) is 18.4 Å². The van der Waals surface area contributed by atoms with E-state index in [9.17, 15) is 9.59 Å². The van der Waals surface area contributed by atoms with Gasteiger partial charge in [-0.05, 0) is 85.6 Å². The van der Waals surface area contributed by atoms with E-state index in [2.05, 4.69) is 49.6 Å². The standard InChI is InChI=1S/C29H46N2O6/c1-20(8-11-23-16-29(14-15-29)19-28(6,7)37-23)9-13-25-34-17-22(18-35-25)30-24(32)12-10-21(2)36-26(33)31-27(3,4)5/h8-12,21-23,25H,13-19H2,1-7H3,(H,30,32)(H,31,33)/b11-8+,12-10-,20-9+/t21-,22?,23+,25?/m0/s1. The van der Waals surface area contributed by atoms with E-state index >= 15 is 0 Å². The van der Waals surface area contributed by atoms with Crippen molar-refractivity contribution < 1.29 is 28.5 Å². The van der Waals surface area contributed by atoms with Gasteiger partial charge in [0.05, 0.1) is 31.0 Å². The van der Waals surface area contributed by atoms with E-state index in [-0.39, 0.29) is 35.5 Å². The van der Waals surface area contributed by atoms with Crippen LogP contribution in [0.1, 0.15) is 80.6 Å². The third-order valence-electron chi connectivity index (χ3n) is 6.67. The SMILES string of the molecule is CC(/C=C/[C@@H]1CC2(CC2)CC(C)(C)O1)=C\CC1OCC(NC(=O)/C=C\[C@H](C)OC(=O)NC(C)(C)C)CO1. The maximum Gasteiger partial charge on any atom is 0.408 e. The molecular formula is C29H46N2O6. The van der Waals surface area contributed by atoms with Crippen LogP contribution in [0, 0.1) is 5.41 Å². The first kappa shape index (κ1) is 29.4. The minimum absolute atomic E-state index is 0.0540. The molecule has 3 rings (SSSR count). The number of amides is 2. The summed E-state index contributed by atoms with van der Waals surface area (Å²) in [6, 6.07) is -0.236. The Morgan fingerprint density at radius 3 is 2.43 bits per heavy atom. The summed E-state index contributed by atoms with van der Waals surface area (Å²) < 4.78 is 23.1. The molecule has 208 valence electrons. The highest BCUT2D eigenvalue weighted by molar-refractivity contribution is 5.87. The summed E-state index contributed by atoms with van der Waals surface area (Å²) in [6.45, 7) is 14.5. The Labute approximate surface area is 222 Å². The molecule has 0 bridgehead atoms. The lowest BCUT2D eigenvalue weighted by Gasteiger charge is -2.40. The van der Waals surface area contributed by atoms with Crippen molar-refractivity contribution in [1.82, 2.24) is 10.6 Å². The lowest BCUT2D eigenvalue weighted by Crippen LogP contribution is -2.46. The van der Waals surface area contributed by atoms with E-state index in [1.54, 1.807) is 6.92 Å². The summed E-state index contributed by atoms with van der Waals surface area (Å²) in [4.78, 5) is 24.0. The van der Waals surface area contributed by atoms with E-state index in [4.69, 9.17) is 18.9 Å². The molecule has 1 spiro atoms. The van der Waals surface area contributed by atoms with Gasteiger partial charge in [0.25, 0.3) is 0 Å². The number of carbonyl (C=O) groups excluding carboxylic acids is 2. The molecule has 0 unspecified atom stereocenters. The van der Waals surface area contributed by atoms with Crippen LogP contribution < -0.4 is 10.6 Å². The lowest BCUT2D eigenvalue weighted by atomic mass is 9.82. The number of ether oxygens (including phenoxy) is 4. The van der Waals surface area contributed by atoms with Gasteiger partial charge in [-0.3, -0.25) is 4.79 Å². The number of hydrogen-bond acceptors (Lipinski definition) is 6. The Hall–Kier alpha value is -2.16. The van der Waals surface area contributed by atoms with Gasteiger partial charge in [-0.15, -0.1) is 0 Å². The first-order chi connectivity index (χ1) is 17.2. The maximum atomic E-state index is 12.2. The van der Waals surface area contributed by atoms with Crippen molar-refractivity contribution in [2.24, 2.45) is 5.41 Å². The van der Waals surface area contributed by atoms with E-state index in [1.807, 2.05) is 20.8 Å². The number of rotatable bonds is 8. The van der Waals surface area contributed by atoms with Crippen LogP contribution in [0.5, 0.6) is 0 Å². The molecule has 0 aromatic carbocycles. The van der Waals surface area contributed by atoms with Crippen LogP contribution in [0.4, 0.5) is 4.79 Å². The zero-order chi connectivity index (χ0) is 27.3. The lowest BCUT2D eigenvalue weighted by molar-refractivity contribution is -0.187. The molecule has 2 atom stereocenters. The van der Waals surface area contributed by atoms with Gasteiger partial charge in [-0.25, -0.2) is 4.79 Å². The van der Waals surface area contributed by atoms with Gasteiger partial charge in [-0.1, -0.05) is 23.8 Å². The number of nitrogens with one attached hydrogen (secondary N) is 2. The van der Waals surface area contributed by atoms with Crippen molar-refractivity contribution in [1.29, 1.82) is 0 Å². The average molecular weight is 519 g/mol. The Balaban J connectivity index is 1.34. The summed E-state index contributed by atoms with van der Waals surface area (Å²) >= 11 is 0. The highest BCUT2D eigenvalue weighted by Crippen LogP contribution is 2.58. The minimum atomic E-state index is -0.536. The maximum absolute atomic E-state index is 12.2. The molecule has 3 fully saturated rings. The van der Waals surface area contributed by atoms with Crippen molar-refractivity contribution >= 4 is 12.0 Å². The normalized spacial score (nSPS) is 28.3. The van der Waals surface area contributed by atoms with E-state index in [1.165, 1.54) is 25.0 Å². The van der Waals surface area contributed by atoms with Crippen molar-refractivity contribution in [3.63, 3.8) is 0 Å². The van der Waals surface area contributed by atoms with Crippen LogP contribution in [0.15, 0.2) is 36.0 Å². The summed E-state index contributed by atoms with van der Waals surface area (Å²) in [5.41, 5.74) is 1.22. The first-order valence-electron chi connectivity index (χ1n) is 13.5. The largest absolute Gasteiger partial charge is 0.442 e. The molecule has 0 aromatic heterocycles. The fourth-order valence-electron chi connectivity index (χ4n) is 4.95. The van der Waals surface area contributed by atoms with Crippen LogP contribution in [0.25, 0.3) is 0 Å². The second-order valence-corrected chi connectivity index (χ2v) is 12.5. The molecule has 3 aliphatic rings. The monoisotopic (exact) mass is 518 g/mol. The molecule has 0 aromatic rings. The predicted molar refractivity (Wildman–Crippen MR) is 143 cm³/mol. The minimum Gasteiger partial charge on any atom is -0.442 e. The molecule has 0 radical (unpaired) electrons. The number of carbonyl (C=O) groups is 2. The third-order valence-corrected chi connectivity index (χ3v) is 6.67. The molecule has 37 heavy (non-hydrogen) atoms. The molecule has 2 amide bonds. The van der Waals surface area contributed by atoms with Crippen LogP contribution in [0.3, 0.4) is 0 Å². The number of alkyl carbamates (subject to hydrolysis) is 1. The van der Waals surface area contributed by atoms with Crippen molar-refractivity contribution in [3.05, 3.63) is 36.0 Å². The zero-order valence-electron chi connectivity index (χ0n) is 23.6. The van der Waals surface area contributed by atoms with Gasteiger partial charge >= 0.3 is 6.09 Å². The Morgan fingerprint density at radius 1 is 1.14 bits per heavy atom. The Bertz CT molecular complexity index is 883. The second kappa shape index (κ2) is 12.1. The molecule has 8 heteroatoms. The summed E-state index contributed by atoms with van der Waals surface area (Å²) in [7, 11) is 0. The van der Waals surface area contributed by atoms with E-state index in [0.29, 0.717) is 25.0 Å².